The lowest BCUT2D eigenvalue weighted by molar-refractivity contribution is -0.123. The lowest BCUT2D eigenvalue weighted by Gasteiger charge is -2.32. The molecule has 0 heterocycles. The van der Waals surface area contributed by atoms with Gasteiger partial charge in [0.05, 0.1) is 17.0 Å². The molecule has 1 rings (SSSR count). The summed E-state index contributed by atoms with van der Waals surface area (Å²) in [7, 11) is -3.74. The van der Waals surface area contributed by atoms with Crippen LogP contribution in [0.3, 0.4) is 0 Å². The summed E-state index contributed by atoms with van der Waals surface area (Å²) in [6, 6.07) is 3.54. The molecule has 0 saturated carbocycles. The fraction of sp³-hybridized carbons (Fsp3) is 0.562. The Balaban J connectivity index is 3.33. The Kier molecular flexibility index (Phi) is 7.38. The van der Waals surface area contributed by atoms with E-state index in [-0.39, 0.29) is 28.6 Å². The SMILES string of the molecule is CCC(C(=O)NC(C)C(C)C)N(c1cc(Cl)ccc1Cl)S(C)(=O)=O. The van der Waals surface area contributed by atoms with Gasteiger partial charge >= 0.3 is 0 Å². The summed E-state index contributed by atoms with van der Waals surface area (Å²) in [5.41, 5.74) is 0.200. The highest BCUT2D eigenvalue weighted by molar-refractivity contribution is 7.92. The lowest BCUT2D eigenvalue weighted by Crippen LogP contribution is -2.52. The largest absolute Gasteiger partial charge is 0.352 e. The highest BCUT2D eigenvalue weighted by atomic mass is 35.5. The van der Waals surface area contributed by atoms with Gasteiger partial charge in [-0.25, -0.2) is 8.42 Å². The van der Waals surface area contributed by atoms with Crippen LogP contribution in [-0.2, 0) is 14.8 Å². The predicted molar refractivity (Wildman–Crippen MR) is 100 cm³/mol. The van der Waals surface area contributed by atoms with Gasteiger partial charge in [0.2, 0.25) is 15.9 Å². The van der Waals surface area contributed by atoms with Crippen LogP contribution in [0.4, 0.5) is 5.69 Å². The van der Waals surface area contributed by atoms with Crippen molar-refractivity contribution >= 4 is 44.8 Å². The quantitative estimate of drug-likeness (QED) is 0.766. The van der Waals surface area contributed by atoms with Crippen molar-refractivity contribution in [2.45, 2.75) is 46.2 Å². The molecule has 1 N–H and O–H groups in total. The number of anilines is 1. The summed E-state index contributed by atoms with van der Waals surface area (Å²) in [5.74, 6) is -0.131. The smallest absolute Gasteiger partial charge is 0.244 e. The van der Waals surface area contributed by atoms with Crippen LogP contribution >= 0.6 is 23.2 Å². The van der Waals surface area contributed by atoms with Crippen LogP contribution in [0, 0.1) is 5.92 Å². The molecule has 0 bridgehead atoms. The maximum absolute atomic E-state index is 12.7. The van der Waals surface area contributed by atoms with Crippen molar-refractivity contribution in [3.8, 4) is 0 Å². The summed E-state index contributed by atoms with van der Waals surface area (Å²) >= 11 is 12.1. The number of amides is 1. The Morgan fingerprint density at radius 2 is 1.83 bits per heavy atom. The van der Waals surface area contributed by atoms with E-state index in [1.807, 2.05) is 20.8 Å². The summed E-state index contributed by atoms with van der Waals surface area (Å²) in [4.78, 5) is 12.7. The number of nitrogens with one attached hydrogen (secondary N) is 1. The van der Waals surface area contributed by atoms with Gasteiger partial charge in [0, 0.05) is 11.1 Å². The van der Waals surface area contributed by atoms with E-state index in [1.54, 1.807) is 13.0 Å². The van der Waals surface area contributed by atoms with Crippen molar-refractivity contribution in [3.63, 3.8) is 0 Å². The maximum Gasteiger partial charge on any atom is 0.244 e. The van der Waals surface area contributed by atoms with Gasteiger partial charge in [-0.1, -0.05) is 44.0 Å². The Labute approximate surface area is 154 Å². The van der Waals surface area contributed by atoms with Gasteiger partial charge in [0.15, 0.2) is 0 Å². The van der Waals surface area contributed by atoms with Crippen molar-refractivity contribution in [2.24, 2.45) is 5.92 Å². The van der Waals surface area contributed by atoms with Crippen LogP contribution in [0.1, 0.15) is 34.1 Å². The van der Waals surface area contributed by atoms with Crippen LogP contribution < -0.4 is 9.62 Å². The molecule has 0 aliphatic heterocycles. The minimum Gasteiger partial charge on any atom is -0.352 e. The number of hydrogen-bond acceptors (Lipinski definition) is 3. The van der Waals surface area contributed by atoms with Crippen molar-refractivity contribution in [3.05, 3.63) is 28.2 Å². The first-order valence-electron chi connectivity index (χ1n) is 7.73. The zero-order valence-electron chi connectivity index (χ0n) is 14.5. The molecule has 1 aromatic rings. The lowest BCUT2D eigenvalue weighted by atomic mass is 10.1. The highest BCUT2D eigenvalue weighted by Gasteiger charge is 2.33. The fourth-order valence-corrected chi connectivity index (χ4v) is 3.82. The third kappa shape index (κ3) is 5.26. The Bertz CT molecular complexity index is 693. The molecular weight excluding hydrogens is 371 g/mol. The highest BCUT2D eigenvalue weighted by Crippen LogP contribution is 2.33. The van der Waals surface area contributed by atoms with Gasteiger partial charge < -0.3 is 5.32 Å². The molecule has 1 amide bonds. The van der Waals surface area contributed by atoms with Crippen LogP contribution in [-0.4, -0.2) is 32.7 Å². The average molecular weight is 395 g/mol. The van der Waals surface area contributed by atoms with Gasteiger partial charge in [-0.05, 0) is 37.5 Å². The number of halogens is 2. The summed E-state index contributed by atoms with van der Waals surface area (Å²) < 4.78 is 25.8. The first-order chi connectivity index (χ1) is 11.0. The zero-order valence-corrected chi connectivity index (χ0v) is 16.8. The molecule has 0 aliphatic carbocycles. The molecular formula is C16H24Cl2N2O3S. The van der Waals surface area contributed by atoms with E-state index in [0.717, 1.165) is 10.6 Å². The van der Waals surface area contributed by atoms with E-state index >= 15 is 0 Å². The average Bonchev–Trinajstić information content (AvgIpc) is 2.45. The molecule has 0 saturated heterocycles. The number of rotatable bonds is 7. The number of carbonyl (C=O) groups excluding carboxylic acids is 1. The van der Waals surface area contributed by atoms with Crippen molar-refractivity contribution in [1.29, 1.82) is 0 Å². The van der Waals surface area contributed by atoms with Crippen molar-refractivity contribution in [2.75, 3.05) is 10.6 Å². The van der Waals surface area contributed by atoms with Crippen molar-refractivity contribution < 1.29 is 13.2 Å². The fourth-order valence-electron chi connectivity index (χ4n) is 2.18. The number of sulfonamides is 1. The molecule has 136 valence electrons. The molecule has 0 radical (unpaired) electrons. The minimum atomic E-state index is -3.74. The van der Waals surface area contributed by atoms with Crippen molar-refractivity contribution in [1.82, 2.24) is 5.32 Å². The Morgan fingerprint density at radius 3 is 2.29 bits per heavy atom. The van der Waals surface area contributed by atoms with Crippen LogP contribution in [0.5, 0.6) is 0 Å². The first kappa shape index (κ1) is 21.1. The molecule has 0 fully saturated rings. The number of carbonyl (C=O) groups is 1. The van der Waals surface area contributed by atoms with Crippen LogP contribution in [0.2, 0.25) is 10.0 Å². The predicted octanol–water partition coefficient (Wildman–Crippen LogP) is 3.70. The van der Waals surface area contributed by atoms with E-state index in [2.05, 4.69) is 5.32 Å². The van der Waals surface area contributed by atoms with E-state index in [1.165, 1.54) is 12.1 Å². The molecule has 0 aromatic heterocycles. The Morgan fingerprint density at radius 1 is 1.25 bits per heavy atom. The molecule has 2 unspecified atom stereocenters. The van der Waals surface area contributed by atoms with E-state index in [4.69, 9.17) is 23.2 Å². The normalized spacial score (nSPS) is 14.3. The van der Waals surface area contributed by atoms with E-state index in [0.29, 0.717) is 11.4 Å². The molecule has 1 aromatic carbocycles. The second-order valence-corrected chi connectivity index (χ2v) is 8.82. The van der Waals surface area contributed by atoms with E-state index in [9.17, 15) is 13.2 Å². The summed E-state index contributed by atoms with van der Waals surface area (Å²) in [6.07, 6.45) is 1.35. The third-order valence-corrected chi connectivity index (χ3v) is 5.57. The maximum atomic E-state index is 12.7. The second kappa shape index (κ2) is 8.41. The number of nitrogens with zero attached hydrogens (tertiary/aromatic N) is 1. The monoisotopic (exact) mass is 394 g/mol. The van der Waals surface area contributed by atoms with Gasteiger partial charge in [0.25, 0.3) is 0 Å². The topological polar surface area (TPSA) is 66.5 Å². The minimum absolute atomic E-state index is 0.0807. The van der Waals surface area contributed by atoms with Gasteiger partial charge in [-0.3, -0.25) is 9.10 Å². The molecule has 8 heteroatoms. The number of benzene rings is 1. The zero-order chi connectivity index (χ0) is 18.7. The second-order valence-electron chi connectivity index (χ2n) is 6.12. The molecule has 5 nitrogen and oxygen atoms in total. The first-order valence-corrected chi connectivity index (χ1v) is 10.3. The third-order valence-electron chi connectivity index (χ3n) is 3.85. The molecule has 0 aliphatic rings. The van der Waals surface area contributed by atoms with Gasteiger partial charge in [-0.2, -0.15) is 0 Å². The summed E-state index contributed by atoms with van der Waals surface area (Å²) in [5, 5.41) is 3.42. The van der Waals surface area contributed by atoms with Gasteiger partial charge in [0.1, 0.15) is 6.04 Å². The number of hydrogen-bond donors (Lipinski definition) is 1. The van der Waals surface area contributed by atoms with Gasteiger partial charge in [-0.15, -0.1) is 0 Å². The molecule has 0 spiro atoms. The van der Waals surface area contributed by atoms with E-state index < -0.39 is 16.1 Å². The van der Waals surface area contributed by atoms with Crippen LogP contribution in [0.25, 0.3) is 0 Å². The van der Waals surface area contributed by atoms with Crippen LogP contribution in [0.15, 0.2) is 18.2 Å². The summed E-state index contributed by atoms with van der Waals surface area (Å²) in [6.45, 7) is 7.59. The molecule has 24 heavy (non-hydrogen) atoms. The Hall–Kier alpha value is -0.980. The standard InChI is InChI=1S/C16H24Cl2N2O3S/c1-6-14(16(21)19-11(4)10(2)3)20(24(5,22)23)15-9-12(17)7-8-13(15)18/h7-11,14H,6H2,1-5H3,(H,19,21). The molecule has 2 atom stereocenters.